The largest absolute Gasteiger partial charge is 0.451 e. The number of furan rings is 1. The molecule has 12 aromatic heterocycles. The maximum atomic E-state index is 14.6. The molecule has 12 aromatic rings. The van der Waals surface area contributed by atoms with Crippen molar-refractivity contribution in [3.8, 4) is 45.6 Å². The number of allylic oxidation sites excluding steroid dienone is 4. The molecule has 0 atom stereocenters. The number of aromatic nitrogens is 15. The van der Waals surface area contributed by atoms with Gasteiger partial charge in [-0.2, -0.15) is 29.2 Å². The van der Waals surface area contributed by atoms with Crippen molar-refractivity contribution >= 4 is 128 Å². The average Bonchev–Trinajstić information content (AvgIpc) is 1.64. The van der Waals surface area contributed by atoms with E-state index in [4.69, 9.17) is 24.1 Å². The standard InChI is InChI=1S/C24H24F2N6O2S.C24H27N7O2.C22H22N6O2S.C20H17FN6O2S/c1-2-34-16-5-3-15(4-6-16)32-12-18(22(31-32)21-17(25)7-8-20(26)30-21)28-23(33)19-13-35-24(29-19)14-9-10-27-11-14;1-29-10-12-30(13-11-29)14-15-31-17-20(23(28-31)19-4-2-3-8-26-19)27-24(32)22-6-5-21(33-22)18-7-9-25-16-18;1-2-30-16-9-15(10-16)28-12-18(20(27-28)17-5-3-4-7-24-17)25-21(29)19-13-31-22(26-19)14-6-8-23-11-14;21-17-3-1-2-14(23-17)18-15(9-27(26-18)12-6-13(28)7-12)24-19(29)16-10-30-20(25-16)11-4-5-22-8-11/h7-9,11-13,15-16H,2-6,10H2,1H3,(H,28,33);2-8,16-17H,9-15H2,1H3,(H,27,32);3-7,11-13,15-16H,2,8-10H2,1H3,(H,25,29);1-4,8-10,12-13,28H,5-7H2,(H,24,29). The van der Waals surface area contributed by atoms with Crippen LogP contribution in [0.4, 0.5) is 35.9 Å². The Morgan fingerprint density at radius 2 is 0.938 bits per heavy atom. The van der Waals surface area contributed by atoms with E-state index in [1.54, 1.807) is 99.4 Å². The van der Waals surface area contributed by atoms with Gasteiger partial charge < -0.3 is 45.2 Å². The molecule has 0 spiro atoms. The molecule has 3 aliphatic carbocycles. The lowest BCUT2D eigenvalue weighted by molar-refractivity contribution is -0.0226. The van der Waals surface area contributed by atoms with Crippen LogP contribution in [0.2, 0.25) is 0 Å². The number of ether oxygens (including phenoxy) is 2. The highest BCUT2D eigenvalue weighted by molar-refractivity contribution is 7.12. The number of piperazine rings is 1. The molecular weight excluding hydrogens is 1710 g/mol. The van der Waals surface area contributed by atoms with E-state index in [1.165, 1.54) is 40.1 Å². The number of hydrogen-bond donors (Lipinski definition) is 5. The van der Waals surface area contributed by atoms with E-state index in [9.17, 15) is 37.5 Å². The van der Waals surface area contributed by atoms with E-state index in [-0.39, 0.29) is 88.4 Å². The number of aliphatic hydroxyl groups is 1. The zero-order valence-corrected chi connectivity index (χ0v) is 72.9. The molecule has 0 unspecified atom stereocenters. The van der Waals surface area contributed by atoms with Gasteiger partial charge in [0, 0.05) is 146 Å². The first-order valence-electron chi connectivity index (χ1n) is 42.4. The fraction of sp³-hybridized carbons (Fsp3) is 0.322. The number of likely N-dealkylation sites (N-methyl/N-ethyl adjacent to an activating group) is 1. The third-order valence-electron chi connectivity index (χ3n) is 22.4. The van der Waals surface area contributed by atoms with Crippen molar-refractivity contribution in [3.05, 3.63) is 218 Å². The molecule has 3 saturated carbocycles. The number of thiazole rings is 3. The number of aliphatic imine (C=N–C) groups is 4. The van der Waals surface area contributed by atoms with E-state index >= 15 is 0 Å². The van der Waals surface area contributed by atoms with E-state index in [2.05, 4.69) is 103 Å². The van der Waals surface area contributed by atoms with Crippen molar-refractivity contribution in [1.29, 1.82) is 0 Å². The lowest BCUT2D eigenvalue weighted by atomic mass is 9.89. The smallest absolute Gasteiger partial charge is 0.291 e. The highest BCUT2D eigenvalue weighted by Gasteiger charge is 2.35. The predicted octanol–water partition coefficient (Wildman–Crippen LogP) is 14.2. The Morgan fingerprint density at radius 1 is 0.465 bits per heavy atom. The third-order valence-corrected chi connectivity index (χ3v) is 25.1. The van der Waals surface area contributed by atoms with E-state index < -0.39 is 23.6 Å². The summed E-state index contributed by atoms with van der Waals surface area (Å²) >= 11 is 4.14. The Bertz CT molecular complexity index is 6290. The van der Waals surface area contributed by atoms with Gasteiger partial charge in [0.2, 0.25) is 11.9 Å². The monoisotopic (exact) mass is 1800 g/mol. The number of carbonyl (C=O) groups excluding carboxylic acids is 4. The summed E-state index contributed by atoms with van der Waals surface area (Å²) in [5, 5.41) is 47.0. The van der Waals surface area contributed by atoms with Gasteiger partial charge in [-0.15, -0.1) is 34.0 Å². The summed E-state index contributed by atoms with van der Waals surface area (Å²) in [6, 6.07) is 21.5. The molecule has 0 aromatic carbocycles. The second kappa shape index (κ2) is 40.8. The van der Waals surface area contributed by atoms with Crippen LogP contribution in [0.25, 0.3) is 67.8 Å². The van der Waals surface area contributed by atoms with Gasteiger partial charge in [-0.3, -0.25) is 72.7 Å². The van der Waals surface area contributed by atoms with Crippen LogP contribution in [0.15, 0.2) is 181 Å². The minimum Gasteiger partial charge on any atom is -0.451 e. The number of aliphatic hydroxyl groups excluding tert-OH is 1. The molecule has 129 heavy (non-hydrogen) atoms. The molecule has 20 rings (SSSR count). The summed E-state index contributed by atoms with van der Waals surface area (Å²) < 4.78 is 66.5. The topological polar surface area (TPSA) is 386 Å². The molecule has 662 valence electrons. The Balaban J connectivity index is 0.000000121. The molecule has 5 aliphatic heterocycles. The zero-order chi connectivity index (χ0) is 88.9. The number of halogens is 3. The first kappa shape index (κ1) is 87.8. The van der Waals surface area contributed by atoms with Crippen molar-refractivity contribution in [1.82, 2.24) is 83.8 Å². The van der Waals surface area contributed by atoms with Crippen molar-refractivity contribution in [2.75, 3.05) is 100 Å². The average molecular weight is 1800 g/mol. The normalized spacial score (nSPS) is 19.1. The van der Waals surface area contributed by atoms with Crippen molar-refractivity contribution < 1.29 is 51.3 Å². The van der Waals surface area contributed by atoms with Gasteiger partial charge in [-0.25, -0.2) is 29.3 Å². The second-order valence-electron chi connectivity index (χ2n) is 31.2. The molecule has 8 aliphatic rings. The van der Waals surface area contributed by atoms with Crippen LogP contribution in [0.1, 0.15) is 146 Å². The number of nitrogens with one attached hydrogen (secondary N) is 4. The Hall–Kier alpha value is -13.3. The molecule has 1 saturated heterocycles. The van der Waals surface area contributed by atoms with Gasteiger partial charge >= 0.3 is 0 Å². The van der Waals surface area contributed by atoms with E-state index in [1.807, 2.05) is 96.3 Å². The van der Waals surface area contributed by atoms with Gasteiger partial charge in [0.1, 0.15) is 66.3 Å². The number of pyridine rings is 4. The molecule has 33 nitrogen and oxygen atoms in total. The minimum atomic E-state index is -0.832. The number of amides is 4. The fourth-order valence-corrected chi connectivity index (χ4v) is 17.8. The molecule has 0 bridgehead atoms. The van der Waals surface area contributed by atoms with E-state index in [0.29, 0.717) is 113 Å². The van der Waals surface area contributed by atoms with Crippen LogP contribution < -0.4 is 21.3 Å². The number of nitrogens with zero attached hydrogens (tertiary/aromatic N) is 21. The van der Waals surface area contributed by atoms with Gasteiger partial charge in [0.25, 0.3) is 23.6 Å². The van der Waals surface area contributed by atoms with Crippen molar-refractivity contribution in [2.45, 2.75) is 108 Å². The summed E-state index contributed by atoms with van der Waals surface area (Å²) in [6.45, 7) is 13.8. The van der Waals surface area contributed by atoms with Crippen LogP contribution in [-0.4, -0.2) is 235 Å². The van der Waals surface area contributed by atoms with Crippen LogP contribution in [0, 0.1) is 17.7 Å². The van der Waals surface area contributed by atoms with Gasteiger partial charge in [-0.1, -0.05) is 42.5 Å². The fourth-order valence-electron chi connectivity index (χ4n) is 15.3. The zero-order valence-electron chi connectivity index (χ0n) is 70.5. The quantitative estimate of drug-likeness (QED) is 0.0314. The summed E-state index contributed by atoms with van der Waals surface area (Å²) in [5.74, 6) is -2.77. The highest BCUT2D eigenvalue weighted by atomic mass is 32.1. The SMILES string of the molecule is CCOC1CC(n2cc(NC(=O)c3csc(C4=CCN=C4)n3)c(-c3ccccn3)n2)C1.CCOC1CCC(n2cc(NC(=O)c3csc(C4=CCN=C4)n3)c(-c3nc(F)ccc3F)n2)CC1.CN1CCN(CCn2cc(NC(=O)c3ccc(C4=CCN=C4)o3)c(-c3ccccn3)n2)CC1.O=C(Nc1cn(C2CC(O)C2)nc1-c1cccc(F)n1)c1csc(C2=CCN=C2)n1. The third kappa shape index (κ3) is 21.4. The van der Waals surface area contributed by atoms with E-state index in [0.717, 1.165) is 129 Å². The molecule has 4 amide bonds. The molecule has 5 N–H and O–H groups in total. The number of carbonyl (C=O) groups is 4. The first-order chi connectivity index (χ1) is 62.9. The van der Waals surface area contributed by atoms with Gasteiger partial charge in [0.15, 0.2) is 11.6 Å². The lowest BCUT2D eigenvalue weighted by Gasteiger charge is -2.34. The minimum absolute atomic E-state index is 0.0254. The molecular formula is C90H90F3N25O8S3. The number of hydrogen-bond acceptors (Lipinski definition) is 28. The predicted molar refractivity (Wildman–Crippen MR) is 489 cm³/mol. The summed E-state index contributed by atoms with van der Waals surface area (Å²) in [5.41, 5.74) is 9.59. The van der Waals surface area contributed by atoms with Crippen LogP contribution >= 0.6 is 34.0 Å². The maximum absolute atomic E-state index is 14.6. The Kier molecular flexibility index (Phi) is 27.8. The Morgan fingerprint density at radius 3 is 1.45 bits per heavy atom. The lowest BCUT2D eigenvalue weighted by Crippen LogP contribution is -2.45. The van der Waals surface area contributed by atoms with Gasteiger partial charge in [-0.05, 0) is 133 Å². The first-order valence-corrected chi connectivity index (χ1v) is 45.1. The summed E-state index contributed by atoms with van der Waals surface area (Å²) in [4.78, 5) is 103. The summed E-state index contributed by atoms with van der Waals surface area (Å²) in [6.07, 6.45) is 31.9. The molecule has 39 heteroatoms. The van der Waals surface area contributed by atoms with Crippen molar-refractivity contribution in [3.63, 3.8) is 0 Å². The second-order valence-corrected chi connectivity index (χ2v) is 33.8. The number of anilines is 4. The van der Waals surface area contributed by atoms with Crippen LogP contribution in [-0.2, 0) is 16.0 Å². The summed E-state index contributed by atoms with van der Waals surface area (Å²) in [7, 11) is 2.15. The maximum Gasteiger partial charge on any atom is 0.291 e. The molecule has 0 radical (unpaired) electrons. The van der Waals surface area contributed by atoms with Gasteiger partial charge in [0.05, 0.1) is 109 Å². The Labute approximate surface area is 750 Å². The van der Waals surface area contributed by atoms with Crippen LogP contribution in [0.3, 0.4) is 0 Å². The highest BCUT2D eigenvalue weighted by Crippen LogP contribution is 2.41. The van der Waals surface area contributed by atoms with Crippen molar-refractivity contribution in [2.24, 2.45) is 20.0 Å². The molecule has 4 fully saturated rings. The van der Waals surface area contributed by atoms with Crippen LogP contribution in [0.5, 0.6) is 0 Å². The number of rotatable bonds is 26. The molecule has 17 heterocycles.